The molecule has 2 nitrogen and oxygen atoms in total. The monoisotopic (exact) mass is 182 g/mol. The van der Waals surface area contributed by atoms with E-state index in [-0.39, 0.29) is 0 Å². The zero-order valence-corrected chi connectivity index (χ0v) is 8.92. The largest absolute Gasteiger partial charge is 0.311 e. The lowest BCUT2D eigenvalue weighted by Crippen LogP contribution is -2.50. The summed E-state index contributed by atoms with van der Waals surface area (Å²) in [6, 6.07) is 0.726. The van der Waals surface area contributed by atoms with Gasteiger partial charge >= 0.3 is 0 Å². The highest BCUT2D eigenvalue weighted by Crippen LogP contribution is 2.04. The molecular formula is C11H22N2. The molecule has 0 aliphatic carbocycles. The van der Waals surface area contributed by atoms with E-state index < -0.39 is 0 Å². The van der Waals surface area contributed by atoms with Gasteiger partial charge in [-0.3, -0.25) is 4.90 Å². The van der Waals surface area contributed by atoms with E-state index in [4.69, 9.17) is 0 Å². The molecule has 1 fully saturated rings. The first kappa shape index (κ1) is 10.7. The molecule has 0 radical (unpaired) electrons. The van der Waals surface area contributed by atoms with E-state index in [0.717, 1.165) is 19.1 Å². The Kier molecular flexibility index (Phi) is 5.09. The second kappa shape index (κ2) is 6.17. The summed E-state index contributed by atoms with van der Waals surface area (Å²) < 4.78 is 0. The fraction of sp³-hybridized carbons (Fsp3) is 0.818. The van der Waals surface area contributed by atoms with Crippen LogP contribution in [0.3, 0.4) is 0 Å². The van der Waals surface area contributed by atoms with Gasteiger partial charge in [0.2, 0.25) is 0 Å². The molecule has 1 aliphatic heterocycles. The van der Waals surface area contributed by atoms with E-state index in [2.05, 4.69) is 36.2 Å². The first-order valence-corrected chi connectivity index (χ1v) is 5.43. The Labute approximate surface area is 82.0 Å². The first-order chi connectivity index (χ1) is 6.36. The zero-order valence-electron chi connectivity index (χ0n) is 8.92. The third-order valence-electron chi connectivity index (χ3n) is 2.58. The number of piperazine rings is 1. The Balaban J connectivity index is 2.24. The van der Waals surface area contributed by atoms with Gasteiger partial charge in [-0.05, 0) is 13.3 Å². The van der Waals surface area contributed by atoms with Crippen LogP contribution < -0.4 is 5.32 Å². The summed E-state index contributed by atoms with van der Waals surface area (Å²) in [5.74, 6) is 0. The van der Waals surface area contributed by atoms with E-state index in [0.29, 0.717) is 0 Å². The molecule has 13 heavy (non-hydrogen) atoms. The molecule has 0 aromatic carbocycles. The summed E-state index contributed by atoms with van der Waals surface area (Å²) in [5.41, 5.74) is 0. The van der Waals surface area contributed by atoms with Crippen molar-refractivity contribution in [1.29, 1.82) is 0 Å². The third-order valence-corrected chi connectivity index (χ3v) is 2.58. The average Bonchev–Trinajstić information content (AvgIpc) is 2.16. The molecule has 0 aromatic heterocycles. The minimum absolute atomic E-state index is 0.726. The summed E-state index contributed by atoms with van der Waals surface area (Å²) >= 11 is 0. The molecular weight excluding hydrogens is 160 g/mol. The molecule has 0 bridgehead atoms. The topological polar surface area (TPSA) is 15.3 Å². The number of allylic oxidation sites excluding steroid dienone is 1. The SMILES string of the molecule is C/C=C/CN1CCNC(CCC)C1. The van der Waals surface area contributed by atoms with Crippen LogP contribution in [-0.4, -0.2) is 37.1 Å². The van der Waals surface area contributed by atoms with Crippen molar-refractivity contribution in [3.8, 4) is 0 Å². The summed E-state index contributed by atoms with van der Waals surface area (Å²) in [5, 5.41) is 3.56. The number of hydrogen-bond acceptors (Lipinski definition) is 2. The normalized spacial score (nSPS) is 25.5. The molecule has 0 aromatic rings. The number of rotatable bonds is 4. The molecule has 1 N–H and O–H groups in total. The van der Waals surface area contributed by atoms with Gasteiger partial charge in [-0.1, -0.05) is 25.5 Å². The molecule has 2 heteroatoms. The van der Waals surface area contributed by atoms with Crippen molar-refractivity contribution >= 4 is 0 Å². The summed E-state index contributed by atoms with van der Waals surface area (Å²) in [6.07, 6.45) is 6.98. The van der Waals surface area contributed by atoms with E-state index in [9.17, 15) is 0 Å². The average molecular weight is 182 g/mol. The van der Waals surface area contributed by atoms with Crippen molar-refractivity contribution in [3.63, 3.8) is 0 Å². The lowest BCUT2D eigenvalue weighted by molar-refractivity contribution is 0.211. The molecule has 1 unspecified atom stereocenters. The van der Waals surface area contributed by atoms with Gasteiger partial charge in [0.1, 0.15) is 0 Å². The maximum absolute atomic E-state index is 3.56. The van der Waals surface area contributed by atoms with Crippen molar-refractivity contribution in [2.24, 2.45) is 0 Å². The Hall–Kier alpha value is -0.340. The molecule has 1 aliphatic rings. The van der Waals surface area contributed by atoms with Crippen LogP contribution in [0.5, 0.6) is 0 Å². The van der Waals surface area contributed by atoms with Crippen LogP contribution >= 0.6 is 0 Å². The molecule has 1 heterocycles. The lowest BCUT2D eigenvalue weighted by Gasteiger charge is -2.32. The fourth-order valence-electron chi connectivity index (χ4n) is 1.86. The van der Waals surface area contributed by atoms with E-state index in [1.807, 2.05) is 0 Å². The standard InChI is InChI=1S/C11H22N2/c1-3-5-8-13-9-7-12-11(10-13)6-4-2/h3,5,11-12H,4,6-10H2,1-2H3/b5-3+. The van der Waals surface area contributed by atoms with Gasteiger partial charge < -0.3 is 5.32 Å². The van der Waals surface area contributed by atoms with Gasteiger partial charge in [0, 0.05) is 32.2 Å². The predicted octanol–water partition coefficient (Wildman–Crippen LogP) is 1.64. The Morgan fingerprint density at radius 2 is 2.38 bits per heavy atom. The molecule has 0 saturated carbocycles. The van der Waals surface area contributed by atoms with Crippen molar-refractivity contribution in [2.75, 3.05) is 26.2 Å². The van der Waals surface area contributed by atoms with Crippen LogP contribution in [0.2, 0.25) is 0 Å². The Morgan fingerprint density at radius 3 is 3.08 bits per heavy atom. The fourth-order valence-corrected chi connectivity index (χ4v) is 1.86. The molecule has 0 spiro atoms. The third kappa shape index (κ3) is 3.92. The predicted molar refractivity (Wildman–Crippen MR) is 58.0 cm³/mol. The van der Waals surface area contributed by atoms with Gasteiger partial charge in [-0.15, -0.1) is 0 Å². The van der Waals surface area contributed by atoms with Crippen LogP contribution in [0.4, 0.5) is 0 Å². The van der Waals surface area contributed by atoms with Gasteiger partial charge in [0.15, 0.2) is 0 Å². The lowest BCUT2D eigenvalue weighted by atomic mass is 10.1. The van der Waals surface area contributed by atoms with Crippen molar-refractivity contribution in [2.45, 2.75) is 32.7 Å². The zero-order chi connectivity index (χ0) is 9.52. The van der Waals surface area contributed by atoms with E-state index in [1.165, 1.54) is 25.9 Å². The molecule has 0 amide bonds. The summed E-state index contributed by atoms with van der Waals surface area (Å²) in [4.78, 5) is 2.52. The van der Waals surface area contributed by atoms with E-state index >= 15 is 0 Å². The summed E-state index contributed by atoms with van der Waals surface area (Å²) in [7, 11) is 0. The van der Waals surface area contributed by atoms with Crippen molar-refractivity contribution in [1.82, 2.24) is 10.2 Å². The van der Waals surface area contributed by atoms with Crippen molar-refractivity contribution in [3.05, 3.63) is 12.2 Å². The molecule has 1 atom stereocenters. The highest BCUT2D eigenvalue weighted by atomic mass is 15.2. The van der Waals surface area contributed by atoms with Gasteiger partial charge in [-0.2, -0.15) is 0 Å². The smallest absolute Gasteiger partial charge is 0.0195 e. The highest BCUT2D eigenvalue weighted by Gasteiger charge is 2.16. The second-order valence-corrected chi connectivity index (χ2v) is 3.77. The molecule has 1 saturated heterocycles. The minimum atomic E-state index is 0.726. The van der Waals surface area contributed by atoms with Crippen LogP contribution in [0.1, 0.15) is 26.7 Å². The van der Waals surface area contributed by atoms with Crippen LogP contribution in [0.15, 0.2) is 12.2 Å². The van der Waals surface area contributed by atoms with E-state index in [1.54, 1.807) is 0 Å². The van der Waals surface area contributed by atoms with Crippen LogP contribution in [0, 0.1) is 0 Å². The van der Waals surface area contributed by atoms with Crippen LogP contribution in [0.25, 0.3) is 0 Å². The van der Waals surface area contributed by atoms with Gasteiger partial charge in [0.05, 0.1) is 0 Å². The minimum Gasteiger partial charge on any atom is -0.311 e. The Bertz CT molecular complexity index is 152. The highest BCUT2D eigenvalue weighted by molar-refractivity contribution is 4.85. The van der Waals surface area contributed by atoms with Crippen molar-refractivity contribution < 1.29 is 0 Å². The number of hydrogen-bond donors (Lipinski definition) is 1. The first-order valence-electron chi connectivity index (χ1n) is 5.43. The quantitative estimate of drug-likeness (QED) is 0.665. The Morgan fingerprint density at radius 1 is 1.54 bits per heavy atom. The number of nitrogens with one attached hydrogen (secondary N) is 1. The van der Waals surface area contributed by atoms with Crippen LogP contribution in [-0.2, 0) is 0 Å². The number of nitrogens with zero attached hydrogens (tertiary/aromatic N) is 1. The van der Waals surface area contributed by atoms with Gasteiger partial charge in [-0.25, -0.2) is 0 Å². The van der Waals surface area contributed by atoms with Gasteiger partial charge in [0.25, 0.3) is 0 Å². The second-order valence-electron chi connectivity index (χ2n) is 3.77. The summed E-state index contributed by atoms with van der Waals surface area (Å²) in [6.45, 7) is 9.04. The molecule has 76 valence electrons. The molecule has 1 rings (SSSR count). The maximum atomic E-state index is 3.56. The maximum Gasteiger partial charge on any atom is 0.0195 e.